The quantitative estimate of drug-likeness (QED) is 0.567. The van der Waals surface area contributed by atoms with Crippen LogP contribution in [0, 0.1) is 10.1 Å². The number of hydrogen-bond acceptors (Lipinski definition) is 5. The van der Waals surface area contributed by atoms with Gasteiger partial charge in [0.2, 0.25) is 0 Å². The van der Waals surface area contributed by atoms with Gasteiger partial charge >= 0.3 is 0 Å². The first-order chi connectivity index (χ1) is 11.8. The van der Waals surface area contributed by atoms with Gasteiger partial charge in [-0.25, -0.2) is 8.42 Å². The molecule has 1 aliphatic heterocycles. The number of rotatable bonds is 5. The number of nitro groups is 1. The van der Waals surface area contributed by atoms with E-state index in [1.54, 1.807) is 0 Å². The smallest absolute Gasteiger partial charge is 0.261 e. The first-order valence-electron chi connectivity index (χ1n) is 7.19. The third kappa shape index (κ3) is 3.39. The maximum atomic E-state index is 13.2. The predicted molar refractivity (Wildman–Crippen MR) is 95.9 cm³/mol. The molecule has 1 fully saturated rings. The van der Waals surface area contributed by atoms with Crippen LogP contribution in [-0.2, 0) is 20.8 Å². The fourth-order valence-electron chi connectivity index (χ4n) is 2.58. The minimum absolute atomic E-state index is 0.183. The molecule has 0 N–H and O–H groups in total. The third-order valence-electron chi connectivity index (χ3n) is 3.77. The Morgan fingerprint density at radius 1 is 1.12 bits per heavy atom. The van der Waals surface area contributed by atoms with Gasteiger partial charge < -0.3 is 0 Å². The summed E-state index contributed by atoms with van der Waals surface area (Å²) in [6.45, 7) is 0. The minimum atomic E-state index is -4.21. The lowest BCUT2D eigenvalue weighted by Gasteiger charge is -2.37. The van der Waals surface area contributed by atoms with Gasteiger partial charge in [-0.05, 0) is 30.3 Å². The lowest BCUT2D eigenvalue weighted by Crippen LogP contribution is -2.53. The summed E-state index contributed by atoms with van der Waals surface area (Å²) < 4.78 is 38.9. The van der Waals surface area contributed by atoms with Gasteiger partial charge in [0.05, 0.1) is 16.7 Å². The van der Waals surface area contributed by atoms with Gasteiger partial charge in [-0.15, -0.1) is 0 Å². The topological polar surface area (TPSA) is 97.6 Å². The highest BCUT2D eigenvalue weighted by atomic mass is 35.5. The van der Waals surface area contributed by atoms with Crippen molar-refractivity contribution in [2.45, 2.75) is 10.9 Å². The maximum Gasteiger partial charge on any atom is 0.289 e. The predicted octanol–water partition coefficient (Wildman–Crippen LogP) is 2.57. The number of halogens is 1. The summed E-state index contributed by atoms with van der Waals surface area (Å²) in [6.07, 6.45) is 0. The molecular formula is C15H13ClN2O5S2. The summed E-state index contributed by atoms with van der Waals surface area (Å²) in [5.41, 5.74) is -0.175. The van der Waals surface area contributed by atoms with E-state index in [0.717, 1.165) is 10.4 Å². The Bertz CT molecular complexity index is 939. The van der Waals surface area contributed by atoms with E-state index in [1.165, 1.54) is 42.5 Å². The number of anilines is 1. The Kier molecular flexibility index (Phi) is 4.81. The molecule has 7 nitrogen and oxygen atoms in total. The largest absolute Gasteiger partial charge is 0.289 e. The van der Waals surface area contributed by atoms with E-state index in [1.807, 2.05) is 0 Å². The van der Waals surface area contributed by atoms with Crippen LogP contribution < -0.4 is 4.31 Å². The van der Waals surface area contributed by atoms with Crippen molar-refractivity contribution in [3.8, 4) is 0 Å². The van der Waals surface area contributed by atoms with E-state index in [4.69, 9.17) is 11.6 Å². The van der Waals surface area contributed by atoms with E-state index >= 15 is 0 Å². The monoisotopic (exact) mass is 400 g/mol. The Hall–Kier alpha value is -1.97. The lowest BCUT2D eigenvalue weighted by atomic mass is 10.3. The lowest BCUT2D eigenvalue weighted by molar-refractivity contribution is -0.387. The Balaban J connectivity index is 2.14. The van der Waals surface area contributed by atoms with Gasteiger partial charge in [0, 0.05) is 33.4 Å². The Morgan fingerprint density at radius 2 is 1.72 bits per heavy atom. The van der Waals surface area contributed by atoms with Crippen LogP contribution in [0.1, 0.15) is 0 Å². The molecule has 0 aromatic heterocycles. The molecule has 1 saturated heterocycles. The highest BCUT2D eigenvalue weighted by Gasteiger charge is 2.41. The number of benzene rings is 2. The molecule has 0 radical (unpaired) electrons. The fraction of sp³-hybridized carbons (Fsp3) is 0.200. The number of para-hydroxylation sites is 1. The van der Waals surface area contributed by atoms with Crippen molar-refractivity contribution in [2.75, 3.05) is 15.8 Å². The first kappa shape index (κ1) is 17.8. The van der Waals surface area contributed by atoms with Gasteiger partial charge in [0.25, 0.3) is 15.7 Å². The summed E-state index contributed by atoms with van der Waals surface area (Å²) in [5.74, 6) is 0.366. The van der Waals surface area contributed by atoms with Crippen LogP contribution in [0.15, 0.2) is 53.4 Å². The molecule has 0 aliphatic carbocycles. The normalized spacial score (nSPS) is 19.9. The number of nitrogens with zero attached hydrogens (tertiary/aromatic N) is 2. The molecule has 3 rings (SSSR count). The summed E-state index contributed by atoms with van der Waals surface area (Å²) in [7, 11) is -5.30. The van der Waals surface area contributed by atoms with Crippen molar-refractivity contribution >= 4 is 43.8 Å². The number of nitro benzene ring substituents is 1. The molecule has 0 atom stereocenters. The summed E-state index contributed by atoms with van der Waals surface area (Å²) in [6, 6.07) is 10.8. The molecule has 25 heavy (non-hydrogen) atoms. The second kappa shape index (κ2) is 6.74. The molecular weight excluding hydrogens is 388 g/mol. The first-order valence-corrected chi connectivity index (χ1v) is 10.5. The zero-order valence-corrected chi connectivity index (χ0v) is 15.1. The van der Waals surface area contributed by atoms with Crippen LogP contribution in [0.4, 0.5) is 11.4 Å². The maximum absolute atomic E-state index is 13.2. The van der Waals surface area contributed by atoms with Gasteiger partial charge in [-0.2, -0.15) is 0 Å². The fourth-order valence-corrected chi connectivity index (χ4v) is 5.77. The minimum Gasteiger partial charge on any atom is -0.261 e. The van der Waals surface area contributed by atoms with Crippen molar-refractivity contribution in [3.05, 3.63) is 63.7 Å². The number of hydrogen-bond donors (Lipinski definition) is 0. The number of sulfonamides is 1. The van der Waals surface area contributed by atoms with Gasteiger partial charge in [0.15, 0.2) is 4.90 Å². The molecule has 132 valence electrons. The van der Waals surface area contributed by atoms with E-state index in [2.05, 4.69) is 0 Å². The van der Waals surface area contributed by atoms with Gasteiger partial charge in [0.1, 0.15) is 0 Å². The van der Waals surface area contributed by atoms with Crippen LogP contribution in [0.2, 0.25) is 5.02 Å². The van der Waals surface area contributed by atoms with Crippen molar-refractivity contribution in [2.24, 2.45) is 0 Å². The van der Waals surface area contributed by atoms with Crippen LogP contribution in [0.3, 0.4) is 0 Å². The van der Waals surface area contributed by atoms with Crippen molar-refractivity contribution in [3.63, 3.8) is 0 Å². The summed E-state index contributed by atoms with van der Waals surface area (Å²) in [4.78, 5) is 10.1. The third-order valence-corrected chi connectivity index (χ3v) is 7.46. The second-order valence-electron chi connectivity index (χ2n) is 5.43. The van der Waals surface area contributed by atoms with Crippen LogP contribution >= 0.6 is 11.6 Å². The average molecular weight is 401 g/mol. The van der Waals surface area contributed by atoms with Gasteiger partial charge in [-0.3, -0.25) is 18.6 Å². The van der Waals surface area contributed by atoms with E-state index < -0.39 is 42.4 Å². The zero-order valence-electron chi connectivity index (χ0n) is 12.7. The molecule has 10 heteroatoms. The van der Waals surface area contributed by atoms with Crippen molar-refractivity contribution in [1.82, 2.24) is 0 Å². The molecule has 2 aromatic carbocycles. The van der Waals surface area contributed by atoms with E-state index in [0.29, 0.717) is 10.7 Å². The molecule has 0 bridgehead atoms. The van der Waals surface area contributed by atoms with E-state index in [-0.39, 0.29) is 11.5 Å². The van der Waals surface area contributed by atoms with Crippen LogP contribution in [0.5, 0.6) is 0 Å². The Labute approximate surface area is 151 Å². The molecule has 1 aliphatic rings. The van der Waals surface area contributed by atoms with Crippen molar-refractivity contribution in [1.29, 1.82) is 0 Å². The second-order valence-corrected chi connectivity index (χ2v) is 9.20. The molecule has 1 heterocycles. The van der Waals surface area contributed by atoms with Crippen molar-refractivity contribution < 1.29 is 17.6 Å². The molecule has 0 unspecified atom stereocenters. The zero-order chi connectivity index (χ0) is 18.2. The standard InChI is InChI=1S/C15H13ClN2O5S2/c16-11-5-7-12(8-6-11)17(13-9-24(21)10-13)25(22,23)15-4-2-1-3-14(15)18(19)20/h1-8,13H,9-10H2. The highest BCUT2D eigenvalue weighted by molar-refractivity contribution is 7.93. The SMILES string of the molecule is O=[N+]([O-])c1ccccc1S(=O)(=O)N(c1ccc(Cl)cc1)C1CS(=O)C1. The Morgan fingerprint density at radius 3 is 2.28 bits per heavy atom. The molecule has 0 saturated carbocycles. The summed E-state index contributed by atoms with van der Waals surface area (Å²) in [5, 5.41) is 11.7. The molecule has 0 amide bonds. The van der Waals surface area contributed by atoms with Crippen LogP contribution in [0.25, 0.3) is 0 Å². The highest BCUT2D eigenvalue weighted by Crippen LogP contribution is 2.34. The molecule has 0 spiro atoms. The van der Waals surface area contributed by atoms with Crippen LogP contribution in [-0.4, -0.2) is 35.1 Å². The average Bonchev–Trinajstić information content (AvgIpc) is 2.55. The van der Waals surface area contributed by atoms with E-state index in [9.17, 15) is 22.7 Å². The van der Waals surface area contributed by atoms with Gasteiger partial charge in [-0.1, -0.05) is 23.7 Å². The summed E-state index contributed by atoms with van der Waals surface area (Å²) >= 11 is 5.86. The molecule has 2 aromatic rings.